The van der Waals surface area contributed by atoms with Crippen LogP contribution in [0.1, 0.15) is 6.42 Å². The van der Waals surface area contributed by atoms with Crippen LogP contribution < -0.4 is 5.32 Å². The summed E-state index contributed by atoms with van der Waals surface area (Å²) in [6.07, 6.45) is 1.41. The minimum absolute atomic E-state index is 0.658. The highest BCUT2D eigenvalue weighted by atomic mass is 16.5. The van der Waals surface area contributed by atoms with E-state index < -0.39 is 0 Å². The van der Waals surface area contributed by atoms with Crippen LogP contribution >= 0.6 is 0 Å². The monoisotopic (exact) mass is 225 g/mol. The van der Waals surface area contributed by atoms with Gasteiger partial charge < -0.3 is 15.0 Å². The average molecular weight is 225 g/mol. The van der Waals surface area contributed by atoms with Crippen LogP contribution in [-0.4, -0.2) is 75.4 Å². The van der Waals surface area contributed by atoms with Crippen LogP contribution in [0.15, 0.2) is 0 Å². The molecule has 1 spiro atoms. The molecule has 0 bridgehead atoms. The second-order valence-electron chi connectivity index (χ2n) is 5.58. The largest absolute Gasteiger partial charge is 0.379 e. The molecule has 0 atom stereocenters. The molecule has 3 rings (SSSR count). The molecule has 16 heavy (non-hydrogen) atoms. The molecule has 1 N–H and O–H groups in total. The maximum atomic E-state index is 5.37. The van der Waals surface area contributed by atoms with Crippen LogP contribution in [0.2, 0.25) is 0 Å². The fourth-order valence-electron chi connectivity index (χ4n) is 3.09. The molecule has 3 aliphatic rings. The number of hydrogen-bond acceptors (Lipinski definition) is 4. The van der Waals surface area contributed by atoms with Gasteiger partial charge in [0.1, 0.15) is 0 Å². The summed E-state index contributed by atoms with van der Waals surface area (Å²) in [6.45, 7) is 11.7. The molecular weight excluding hydrogens is 202 g/mol. The predicted octanol–water partition coefficient (Wildman–Crippen LogP) is -0.386. The Morgan fingerprint density at radius 3 is 2.38 bits per heavy atom. The Kier molecular flexibility index (Phi) is 3.16. The number of morpholine rings is 1. The summed E-state index contributed by atoms with van der Waals surface area (Å²) in [7, 11) is 0. The molecular formula is C12H23N3O. The van der Waals surface area contributed by atoms with Gasteiger partial charge in [-0.15, -0.1) is 0 Å². The highest BCUT2D eigenvalue weighted by Crippen LogP contribution is 2.33. The molecule has 3 heterocycles. The average Bonchev–Trinajstić information content (AvgIpc) is 2.72. The van der Waals surface area contributed by atoms with E-state index in [4.69, 9.17) is 4.74 Å². The first kappa shape index (κ1) is 11.0. The first-order valence-electron chi connectivity index (χ1n) is 6.60. The number of ether oxygens (including phenoxy) is 1. The van der Waals surface area contributed by atoms with E-state index in [1.54, 1.807) is 0 Å². The minimum atomic E-state index is 0.658. The number of likely N-dealkylation sites (tertiary alicyclic amines) is 1. The SMILES string of the molecule is C1CN(CCN2CCC3(CNC3)C2)CCO1. The summed E-state index contributed by atoms with van der Waals surface area (Å²) in [6, 6.07) is 0. The highest BCUT2D eigenvalue weighted by molar-refractivity contribution is 4.99. The lowest BCUT2D eigenvalue weighted by atomic mass is 9.81. The summed E-state index contributed by atoms with van der Waals surface area (Å²) in [5.41, 5.74) is 0.658. The maximum Gasteiger partial charge on any atom is 0.0594 e. The van der Waals surface area contributed by atoms with Gasteiger partial charge in [-0.2, -0.15) is 0 Å². The van der Waals surface area contributed by atoms with E-state index in [0.717, 1.165) is 26.3 Å². The third kappa shape index (κ3) is 2.25. The number of nitrogens with one attached hydrogen (secondary N) is 1. The Hall–Kier alpha value is -0.160. The Labute approximate surface area is 97.9 Å². The third-order valence-electron chi connectivity index (χ3n) is 4.35. The second-order valence-corrected chi connectivity index (χ2v) is 5.58. The van der Waals surface area contributed by atoms with E-state index in [2.05, 4.69) is 15.1 Å². The third-order valence-corrected chi connectivity index (χ3v) is 4.35. The van der Waals surface area contributed by atoms with Gasteiger partial charge >= 0.3 is 0 Å². The van der Waals surface area contributed by atoms with Crippen molar-refractivity contribution in [3.8, 4) is 0 Å². The predicted molar refractivity (Wildman–Crippen MR) is 63.6 cm³/mol. The molecule has 3 saturated heterocycles. The van der Waals surface area contributed by atoms with Crippen LogP contribution in [0.4, 0.5) is 0 Å². The standard InChI is InChI=1S/C12H23N3O/c1-2-15(11-12(1)9-13-10-12)4-3-14-5-7-16-8-6-14/h13H,1-11H2. The first-order valence-corrected chi connectivity index (χ1v) is 6.60. The lowest BCUT2D eigenvalue weighted by Gasteiger charge is -2.39. The van der Waals surface area contributed by atoms with Crippen molar-refractivity contribution >= 4 is 0 Å². The van der Waals surface area contributed by atoms with Crippen molar-refractivity contribution in [1.82, 2.24) is 15.1 Å². The summed E-state index contributed by atoms with van der Waals surface area (Å²) < 4.78 is 5.37. The Morgan fingerprint density at radius 2 is 1.75 bits per heavy atom. The van der Waals surface area contributed by atoms with Crippen LogP contribution in [0.25, 0.3) is 0 Å². The Balaban J connectivity index is 1.39. The number of nitrogens with zero attached hydrogens (tertiary/aromatic N) is 2. The smallest absolute Gasteiger partial charge is 0.0594 e. The molecule has 0 unspecified atom stereocenters. The zero-order chi connectivity index (χ0) is 10.8. The van der Waals surface area contributed by atoms with Crippen molar-refractivity contribution in [1.29, 1.82) is 0 Å². The first-order chi connectivity index (χ1) is 7.86. The van der Waals surface area contributed by atoms with Crippen molar-refractivity contribution in [2.45, 2.75) is 6.42 Å². The molecule has 4 nitrogen and oxygen atoms in total. The molecule has 0 aromatic heterocycles. The quantitative estimate of drug-likeness (QED) is 0.708. The molecule has 0 amide bonds. The summed E-state index contributed by atoms with van der Waals surface area (Å²) >= 11 is 0. The van der Waals surface area contributed by atoms with Crippen molar-refractivity contribution in [2.24, 2.45) is 5.41 Å². The van der Waals surface area contributed by atoms with Gasteiger partial charge in [0.15, 0.2) is 0 Å². The molecule has 0 aliphatic carbocycles. The molecule has 0 aromatic rings. The van der Waals surface area contributed by atoms with Gasteiger partial charge in [0.25, 0.3) is 0 Å². The zero-order valence-electron chi connectivity index (χ0n) is 10.1. The van der Waals surface area contributed by atoms with E-state index >= 15 is 0 Å². The molecule has 0 saturated carbocycles. The van der Waals surface area contributed by atoms with E-state index in [1.165, 1.54) is 45.7 Å². The van der Waals surface area contributed by atoms with E-state index in [-0.39, 0.29) is 0 Å². The van der Waals surface area contributed by atoms with Gasteiger partial charge in [-0.3, -0.25) is 4.90 Å². The van der Waals surface area contributed by atoms with Gasteiger partial charge in [0.05, 0.1) is 13.2 Å². The van der Waals surface area contributed by atoms with Crippen molar-refractivity contribution in [2.75, 3.05) is 65.6 Å². The van der Waals surface area contributed by atoms with Gasteiger partial charge in [-0.25, -0.2) is 0 Å². The number of rotatable bonds is 3. The lowest BCUT2D eigenvalue weighted by molar-refractivity contribution is 0.0335. The summed E-state index contributed by atoms with van der Waals surface area (Å²) in [5, 5.41) is 3.42. The van der Waals surface area contributed by atoms with Crippen molar-refractivity contribution in [3.63, 3.8) is 0 Å². The fourth-order valence-corrected chi connectivity index (χ4v) is 3.09. The number of hydrogen-bond donors (Lipinski definition) is 1. The van der Waals surface area contributed by atoms with Crippen LogP contribution in [0, 0.1) is 5.41 Å². The normalized spacial score (nSPS) is 30.8. The van der Waals surface area contributed by atoms with E-state index in [9.17, 15) is 0 Å². The van der Waals surface area contributed by atoms with Crippen molar-refractivity contribution < 1.29 is 4.74 Å². The lowest BCUT2D eigenvalue weighted by Crippen LogP contribution is -2.55. The van der Waals surface area contributed by atoms with Gasteiger partial charge in [0, 0.05) is 51.2 Å². The van der Waals surface area contributed by atoms with E-state index in [1.807, 2.05) is 0 Å². The Morgan fingerprint density at radius 1 is 1.00 bits per heavy atom. The van der Waals surface area contributed by atoms with Crippen LogP contribution in [0.3, 0.4) is 0 Å². The molecule has 92 valence electrons. The summed E-state index contributed by atoms with van der Waals surface area (Å²) in [5.74, 6) is 0. The molecule has 3 aliphatic heterocycles. The van der Waals surface area contributed by atoms with Crippen LogP contribution in [-0.2, 0) is 4.74 Å². The van der Waals surface area contributed by atoms with Gasteiger partial charge in [-0.1, -0.05) is 0 Å². The second kappa shape index (κ2) is 4.61. The minimum Gasteiger partial charge on any atom is -0.379 e. The zero-order valence-corrected chi connectivity index (χ0v) is 10.1. The van der Waals surface area contributed by atoms with Gasteiger partial charge in [-0.05, 0) is 13.0 Å². The molecule has 0 radical (unpaired) electrons. The Bertz CT molecular complexity index is 236. The highest BCUT2D eigenvalue weighted by Gasteiger charge is 2.42. The molecule has 4 heteroatoms. The fraction of sp³-hybridized carbons (Fsp3) is 1.00. The topological polar surface area (TPSA) is 27.7 Å². The summed E-state index contributed by atoms with van der Waals surface area (Å²) in [4.78, 5) is 5.18. The molecule has 3 fully saturated rings. The van der Waals surface area contributed by atoms with E-state index in [0.29, 0.717) is 5.41 Å². The maximum absolute atomic E-state index is 5.37. The van der Waals surface area contributed by atoms with Crippen molar-refractivity contribution in [3.05, 3.63) is 0 Å². The molecule has 0 aromatic carbocycles. The van der Waals surface area contributed by atoms with Crippen LogP contribution in [0.5, 0.6) is 0 Å². The van der Waals surface area contributed by atoms with Gasteiger partial charge in [0.2, 0.25) is 0 Å².